The van der Waals surface area contributed by atoms with Crippen molar-refractivity contribution in [2.24, 2.45) is 5.16 Å². The first kappa shape index (κ1) is 26.5. The van der Waals surface area contributed by atoms with Crippen LogP contribution in [0.1, 0.15) is 17.5 Å². The molecule has 2 N–H and O–H groups in total. The summed E-state index contributed by atoms with van der Waals surface area (Å²) in [6, 6.07) is 19.2. The summed E-state index contributed by atoms with van der Waals surface area (Å²) in [6.07, 6.45) is -1.14. The van der Waals surface area contributed by atoms with Crippen molar-refractivity contribution in [2.75, 3.05) is 6.61 Å². The second-order valence-corrected chi connectivity index (χ2v) is 7.26. The standard InChI is InChI=1S/C25H21N3O9/c26-15-7-9-17-8-6-14-21(23(17)28(32)33)19-12-4-5-13-20(19)22(27-36-24(29)30)16-34-37-25(31)35-18-10-2-1-3-11-18/h1-6,8,10-15,26H,7,9,16H2,(H,29,30). The minimum atomic E-state index is -1.71. The topological polar surface area (TPSA) is 171 Å². The van der Waals surface area contributed by atoms with Gasteiger partial charge < -0.3 is 15.3 Å². The van der Waals surface area contributed by atoms with Gasteiger partial charge in [0.1, 0.15) is 18.1 Å². The fraction of sp³-hybridized carbons (Fsp3) is 0.120. The van der Waals surface area contributed by atoms with Crippen LogP contribution in [0.25, 0.3) is 11.1 Å². The molecule has 0 aliphatic carbocycles. The van der Waals surface area contributed by atoms with E-state index in [0.717, 1.165) is 0 Å². The summed E-state index contributed by atoms with van der Waals surface area (Å²) in [7, 11) is 0. The van der Waals surface area contributed by atoms with E-state index in [9.17, 15) is 19.7 Å². The minimum absolute atomic E-state index is 0.135. The highest BCUT2D eigenvalue weighted by Gasteiger charge is 2.24. The van der Waals surface area contributed by atoms with Gasteiger partial charge in [0.15, 0.2) is 0 Å². The third-order valence-corrected chi connectivity index (χ3v) is 4.89. The number of ether oxygens (including phenoxy) is 1. The SMILES string of the molecule is N=CCCc1cccc(-c2ccccc2C(COOC(=O)Oc2ccccc2)=NOC(=O)O)c1[N+](=O)[O-]. The van der Waals surface area contributed by atoms with E-state index in [1.54, 1.807) is 48.5 Å². The third-order valence-electron chi connectivity index (χ3n) is 4.89. The summed E-state index contributed by atoms with van der Waals surface area (Å²) < 4.78 is 4.94. The Morgan fingerprint density at radius 3 is 2.41 bits per heavy atom. The molecule has 0 spiro atoms. The maximum Gasteiger partial charge on any atom is 0.546 e. The Morgan fingerprint density at radius 2 is 1.70 bits per heavy atom. The number of carboxylic acid groups (broad SMARTS) is 1. The molecule has 0 unspecified atom stereocenters. The predicted molar refractivity (Wildman–Crippen MR) is 131 cm³/mol. The van der Waals surface area contributed by atoms with Gasteiger partial charge in [-0.1, -0.05) is 59.8 Å². The number of aryl methyl sites for hydroxylation is 1. The monoisotopic (exact) mass is 507 g/mol. The number of oxime groups is 1. The molecule has 3 aromatic carbocycles. The summed E-state index contributed by atoms with van der Waals surface area (Å²) >= 11 is 0. The van der Waals surface area contributed by atoms with Crippen LogP contribution >= 0.6 is 0 Å². The Hall–Kier alpha value is -5.10. The van der Waals surface area contributed by atoms with Crippen molar-refractivity contribution in [1.29, 1.82) is 5.41 Å². The van der Waals surface area contributed by atoms with Gasteiger partial charge in [-0.25, -0.2) is 9.59 Å². The van der Waals surface area contributed by atoms with Crippen molar-refractivity contribution in [1.82, 2.24) is 0 Å². The molecule has 0 aliphatic rings. The largest absolute Gasteiger partial charge is 0.546 e. The maximum atomic E-state index is 12.0. The van der Waals surface area contributed by atoms with Crippen LogP contribution in [0.4, 0.5) is 15.3 Å². The normalized spacial score (nSPS) is 10.9. The fourth-order valence-electron chi connectivity index (χ4n) is 3.41. The summed E-state index contributed by atoms with van der Waals surface area (Å²) in [5.74, 6) is 0.208. The third kappa shape index (κ3) is 7.44. The first-order chi connectivity index (χ1) is 17.9. The van der Waals surface area contributed by atoms with Crippen molar-refractivity contribution >= 4 is 29.9 Å². The quantitative estimate of drug-likeness (QED) is 0.0656. The number of hydrogen-bond acceptors (Lipinski definition) is 10. The van der Waals surface area contributed by atoms with Crippen LogP contribution < -0.4 is 4.74 Å². The summed E-state index contributed by atoms with van der Waals surface area (Å²) in [5.41, 5.74) is 0.911. The van der Waals surface area contributed by atoms with E-state index in [1.807, 2.05) is 0 Å². The lowest BCUT2D eigenvalue weighted by Gasteiger charge is -2.13. The van der Waals surface area contributed by atoms with Gasteiger partial charge in [0.25, 0.3) is 5.69 Å². The van der Waals surface area contributed by atoms with Crippen LogP contribution in [-0.4, -0.2) is 40.9 Å². The van der Waals surface area contributed by atoms with Crippen LogP contribution in [0.15, 0.2) is 78.0 Å². The van der Waals surface area contributed by atoms with Gasteiger partial charge in [-0.05, 0) is 42.8 Å². The number of nitro groups is 1. The van der Waals surface area contributed by atoms with E-state index in [4.69, 9.17) is 20.1 Å². The lowest BCUT2D eigenvalue weighted by Crippen LogP contribution is -2.18. The van der Waals surface area contributed by atoms with Crippen molar-refractivity contribution in [3.8, 4) is 16.9 Å². The molecule has 0 radical (unpaired) electrons. The molecule has 190 valence electrons. The molecule has 0 heterocycles. The van der Waals surface area contributed by atoms with Gasteiger partial charge >= 0.3 is 12.3 Å². The zero-order valence-corrected chi connectivity index (χ0v) is 19.2. The van der Waals surface area contributed by atoms with Crippen LogP contribution in [-0.2, 0) is 21.0 Å². The van der Waals surface area contributed by atoms with Crippen molar-refractivity contribution in [3.63, 3.8) is 0 Å². The summed E-state index contributed by atoms with van der Waals surface area (Å²) in [4.78, 5) is 48.2. The van der Waals surface area contributed by atoms with Crippen molar-refractivity contribution < 1.29 is 39.0 Å². The first-order valence-corrected chi connectivity index (χ1v) is 10.8. The molecule has 3 aromatic rings. The van der Waals surface area contributed by atoms with Crippen molar-refractivity contribution in [3.05, 3.63) is 94.0 Å². The minimum Gasteiger partial charge on any atom is -0.448 e. The summed E-state index contributed by atoms with van der Waals surface area (Å²) in [6.45, 7) is -0.574. The Labute approximate surface area is 210 Å². The molecule has 0 atom stereocenters. The number of carbonyl (C=O) groups is 2. The zero-order chi connectivity index (χ0) is 26.6. The number of benzene rings is 3. The smallest absolute Gasteiger partial charge is 0.448 e. The molecular weight excluding hydrogens is 486 g/mol. The number of nitro benzene ring substituents is 1. The fourth-order valence-corrected chi connectivity index (χ4v) is 3.41. The second kappa shape index (κ2) is 13.1. The molecule has 0 saturated heterocycles. The average molecular weight is 507 g/mol. The number of para-hydroxylation sites is 2. The number of hydrogen-bond donors (Lipinski definition) is 2. The van der Waals surface area contributed by atoms with E-state index in [2.05, 4.69) is 14.9 Å². The molecule has 0 bridgehead atoms. The van der Waals surface area contributed by atoms with Crippen LogP contribution in [0.5, 0.6) is 5.75 Å². The van der Waals surface area contributed by atoms with E-state index in [1.165, 1.54) is 30.5 Å². The van der Waals surface area contributed by atoms with Crippen molar-refractivity contribution in [2.45, 2.75) is 12.8 Å². The van der Waals surface area contributed by atoms with Gasteiger partial charge in [-0.2, -0.15) is 4.89 Å². The zero-order valence-electron chi connectivity index (χ0n) is 19.2. The lowest BCUT2D eigenvalue weighted by atomic mass is 9.93. The molecule has 0 aromatic heterocycles. The molecular formula is C25H21N3O9. The summed E-state index contributed by atoms with van der Waals surface area (Å²) in [5, 5.41) is 31.7. The highest BCUT2D eigenvalue weighted by Crippen LogP contribution is 2.35. The molecule has 0 saturated carbocycles. The number of rotatable bonds is 11. The van der Waals surface area contributed by atoms with E-state index < -0.39 is 23.8 Å². The van der Waals surface area contributed by atoms with Gasteiger partial charge in [0.2, 0.25) is 0 Å². The maximum absolute atomic E-state index is 12.0. The molecule has 0 aliphatic heterocycles. The molecule has 12 nitrogen and oxygen atoms in total. The van der Waals surface area contributed by atoms with Gasteiger partial charge in [0, 0.05) is 11.1 Å². The van der Waals surface area contributed by atoms with E-state index >= 15 is 0 Å². The number of nitrogens with zero attached hydrogens (tertiary/aromatic N) is 2. The number of carbonyl (C=O) groups excluding carboxylic acids is 1. The molecule has 0 fully saturated rings. The number of nitrogens with one attached hydrogen (secondary N) is 1. The van der Waals surface area contributed by atoms with Gasteiger partial charge in [0.05, 0.1) is 10.5 Å². The van der Waals surface area contributed by atoms with Crippen LogP contribution in [0.2, 0.25) is 0 Å². The van der Waals surface area contributed by atoms with Gasteiger partial charge in [-0.3, -0.25) is 19.8 Å². The molecule has 0 amide bonds. The highest BCUT2D eigenvalue weighted by atomic mass is 17.2. The van der Waals surface area contributed by atoms with Crippen LogP contribution in [0, 0.1) is 15.5 Å². The average Bonchev–Trinajstić information content (AvgIpc) is 2.89. The first-order valence-electron chi connectivity index (χ1n) is 10.8. The Bertz CT molecular complexity index is 1310. The highest BCUT2D eigenvalue weighted by molar-refractivity contribution is 6.07. The Morgan fingerprint density at radius 1 is 1.00 bits per heavy atom. The predicted octanol–water partition coefficient (Wildman–Crippen LogP) is 5.39. The van der Waals surface area contributed by atoms with Gasteiger partial charge in [-0.15, -0.1) is 0 Å². The Balaban J connectivity index is 1.91. The molecule has 37 heavy (non-hydrogen) atoms. The van der Waals surface area contributed by atoms with Crippen LogP contribution in [0.3, 0.4) is 0 Å². The second-order valence-electron chi connectivity index (χ2n) is 7.26. The van der Waals surface area contributed by atoms with E-state index in [0.29, 0.717) is 17.5 Å². The Kier molecular flexibility index (Phi) is 9.39. The lowest BCUT2D eigenvalue weighted by molar-refractivity contribution is -0.384. The molecule has 12 heteroatoms. The molecule has 3 rings (SSSR count). The van der Waals surface area contributed by atoms with E-state index in [-0.39, 0.29) is 34.7 Å².